The van der Waals surface area contributed by atoms with Gasteiger partial charge in [0.15, 0.2) is 5.65 Å². The highest BCUT2D eigenvalue weighted by molar-refractivity contribution is 5.93. The molecular formula is C18H19N5O2. The lowest BCUT2D eigenvalue weighted by Gasteiger charge is -2.32. The Morgan fingerprint density at radius 3 is 2.48 bits per heavy atom. The Labute approximate surface area is 144 Å². The summed E-state index contributed by atoms with van der Waals surface area (Å²) < 4.78 is 3.16. The highest BCUT2D eigenvalue weighted by Crippen LogP contribution is 2.10. The fraction of sp³-hybridized carbons (Fsp3) is 0.278. The van der Waals surface area contributed by atoms with Crippen LogP contribution in [0.25, 0.3) is 11.3 Å². The molecule has 25 heavy (non-hydrogen) atoms. The van der Waals surface area contributed by atoms with Crippen molar-refractivity contribution in [1.29, 1.82) is 0 Å². The summed E-state index contributed by atoms with van der Waals surface area (Å²) in [5.74, 6) is -0.249. The van der Waals surface area contributed by atoms with Crippen LogP contribution in [0.15, 0.2) is 53.6 Å². The zero-order chi connectivity index (χ0) is 17.4. The number of fused-ring (bicyclic) bond motifs is 1. The lowest BCUT2D eigenvalue weighted by Crippen LogP contribution is -2.48. The monoisotopic (exact) mass is 337 g/mol. The summed E-state index contributed by atoms with van der Waals surface area (Å²) in [6.45, 7) is 2.86. The van der Waals surface area contributed by atoms with Crippen LogP contribution in [0, 0.1) is 0 Å². The zero-order valence-corrected chi connectivity index (χ0v) is 14.0. The van der Waals surface area contributed by atoms with Gasteiger partial charge in [0.05, 0.1) is 5.69 Å². The van der Waals surface area contributed by atoms with Crippen molar-refractivity contribution in [3.05, 3.63) is 64.7 Å². The number of amides is 1. The quantitative estimate of drug-likeness (QED) is 0.696. The Morgan fingerprint density at radius 2 is 1.76 bits per heavy atom. The molecule has 1 aliphatic rings. The molecule has 0 saturated carbocycles. The van der Waals surface area contributed by atoms with Gasteiger partial charge >= 0.3 is 0 Å². The topological polar surface area (TPSA) is 62.9 Å². The van der Waals surface area contributed by atoms with Gasteiger partial charge in [-0.2, -0.15) is 4.52 Å². The number of hydrogen-bond acceptors (Lipinski definition) is 4. The summed E-state index contributed by atoms with van der Waals surface area (Å²) in [7, 11) is 2.02. The molecule has 3 aromatic rings. The Morgan fingerprint density at radius 1 is 1.04 bits per heavy atom. The molecule has 0 unspecified atom stereocenters. The van der Waals surface area contributed by atoms with Crippen molar-refractivity contribution in [2.24, 2.45) is 0 Å². The Hall–Kier alpha value is -2.93. The van der Waals surface area contributed by atoms with Crippen molar-refractivity contribution < 1.29 is 4.79 Å². The van der Waals surface area contributed by atoms with Gasteiger partial charge in [-0.15, -0.1) is 0 Å². The molecule has 3 heterocycles. The molecule has 128 valence electrons. The summed E-state index contributed by atoms with van der Waals surface area (Å²) in [6.07, 6.45) is 3.18. The minimum Gasteiger partial charge on any atom is -0.336 e. The highest BCUT2D eigenvalue weighted by Gasteiger charge is 2.24. The van der Waals surface area contributed by atoms with Crippen LogP contribution in [-0.2, 0) is 0 Å². The first-order valence-electron chi connectivity index (χ1n) is 8.28. The van der Waals surface area contributed by atoms with Gasteiger partial charge in [-0.05, 0) is 19.2 Å². The smallest absolute Gasteiger partial charge is 0.286 e. The fourth-order valence-corrected chi connectivity index (χ4v) is 3.09. The van der Waals surface area contributed by atoms with Gasteiger partial charge in [-0.1, -0.05) is 18.2 Å². The minimum atomic E-state index is -0.345. The van der Waals surface area contributed by atoms with Crippen LogP contribution < -0.4 is 5.56 Å². The fourth-order valence-electron chi connectivity index (χ4n) is 3.09. The number of nitrogens with zero attached hydrogens (tertiary/aromatic N) is 5. The Balaban J connectivity index is 1.77. The number of carbonyl (C=O) groups excluding carboxylic acids is 1. The highest BCUT2D eigenvalue weighted by atomic mass is 16.2. The third kappa shape index (κ3) is 2.72. The average molecular weight is 337 g/mol. The Bertz CT molecular complexity index is 968. The van der Waals surface area contributed by atoms with Crippen molar-refractivity contribution in [3.8, 4) is 5.69 Å². The van der Waals surface area contributed by atoms with Crippen LogP contribution >= 0.6 is 0 Å². The van der Waals surface area contributed by atoms with Gasteiger partial charge in [0.25, 0.3) is 11.5 Å². The summed E-state index contributed by atoms with van der Waals surface area (Å²) in [4.78, 5) is 34.0. The molecule has 0 atom stereocenters. The number of piperazine rings is 1. The largest absolute Gasteiger partial charge is 0.336 e. The van der Waals surface area contributed by atoms with Crippen molar-refractivity contribution >= 4 is 11.6 Å². The average Bonchev–Trinajstić information content (AvgIpc) is 3.08. The number of rotatable bonds is 2. The SMILES string of the molecule is CN1CCN(C(=O)c2cnc3ccn(-c4ccccc4)n3c2=O)CC1. The first kappa shape index (κ1) is 15.6. The molecule has 0 spiro atoms. The predicted molar refractivity (Wildman–Crippen MR) is 94.2 cm³/mol. The number of benzene rings is 1. The van der Waals surface area contributed by atoms with E-state index in [4.69, 9.17) is 0 Å². The maximum Gasteiger partial charge on any atom is 0.286 e. The predicted octanol–water partition coefficient (Wildman–Crippen LogP) is 0.873. The van der Waals surface area contributed by atoms with Crippen LogP contribution in [0.3, 0.4) is 0 Å². The second-order valence-corrected chi connectivity index (χ2v) is 6.24. The summed E-state index contributed by atoms with van der Waals surface area (Å²) >= 11 is 0. The van der Waals surface area contributed by atoms with Gasteiger partial charge < -0.3 is 9.80 Å². The third-order valence-electron chi connectivity index (χ3n) is 4.59. The number of hydrogen-bond donors (Lipinski definition) is 0. The number of carbonyl (C=O) groups is 1. The lowest BCUT2D eigenvalue weighted by molar-refractivity contribution is 0.0661. The Kier molecular flexibility index (Phi) is 3.85. The van der Waals surface area contributed by atoms with E-state index in [0.29, 0.717) is 18.7 Å². The van der Waals surface area contributed by atoms with E-state index in [-0.39, 0.29) is 17.0 Å². The van der Waals surface area contributed by atoms with Gasteiger partial charge in [0.2, 0.25) is 0 Å². The van der Waals surface area contributed by atoms with E-state index in [1.54, 1.807) is 21.8 Å². The van der Waals surface area contributed by atoms with E-state index < -0.39 is 0 Å². The molecule has 7 nitrogen and oxygen atoms in total. The maximum atomic E-state index is 13.0. The molecule has 7 heteroatoms. The molecule has 1 amide bonds. The van der Waals surface area contributed by atoms with E-state index in [9.17, 15) is 9.59 Å². The summed E-state index contributed by atoms with van der Waals surface area (Å²) in [5, 5.41) is 0. The van der Waals surface area contributed by atoms with Crippen LogP contribution in [0.1, 0.15) is 10.4 Å². The minimum absolute atomic E-state index is 0.109. The van der Waals surface area contributed by atoms with Gasteiger partial charge in [0, 0.05) is 44.6 Å². The van der Waals surface area contributed by atoms with Crippen molar-refractivity contribution in [1.82, 2.24) is 24.0 Å². The second-order valence-electron chi connectivity index (χ2n) is 6.24. The molecule has 0 N–H and O–H groups in total. The van der Waals surface area contributed by atoms with Crippen molar-refractivity contribution in [2.75, 3.05) is 33.2 Å². The van der Waals surface area contributed by atoms with Crippen LogP contribution in [0.2, 0.25) is 0 Å². The second kappa shape index (κ2) is 6.18. The molecule has 1 fully saturated rings. The van der Waals surface area contributed by atoms with Crippen molar-refractivity contribution in [2.45, 2.75) is 0 Å². The van der Waals surface area contributed by atoms with Crippen molar-refractivity contribution in [3.63, 3.8) is 0 Å². The third-order valence-corrected chi connectivity index (χ3v) is 4.59. The molecule has 0 radical (unpaired) electrons. The maximum absolute atomic E-state index is 13.0. The van der Waals surface area contributed by atoms with Crippen LogP contribution in [-0.4, -0.2) is 63.1 Å². The van der Waals surface area contributed by atoms with Gasteiger partial charge in [-0.3, -0.25) is 14.3 Å². The van der Waals surface area contributed by atoms with E-state index in [1.165, 1.54) is 10.7 Å². The molecule has 2 aromatic heterocycles. The van der Waals surface area contributed by atoms with E-state index in [2.05, 4.69) is 9.88 Å². The molecule has 4 rings (SSSR count). The van der Waals surface area contributed by atoms with Crippen LogP contribution in [0.5, 0.6) is 0 Å². The van der Waals surface area contributed by atoms with Crippen LogP contribution in [0.4, 0.5) is 0 Å². The first-order valence-corrected chi connectivity index (χ1v) is 8.28. The summed E-state index contributed by atoms with van der Waals surface area (Å²) in [6, 6.07) is 11.3. The number of aromatic nitrogens is 3. The van der Waals surface area contributed by atoms with Gasteiger partial charge in [0.1, 0.15) is 5.56 Å². The molecule has 0 aliphatic carbocycles. The number of likely N-dealkylation sites (N-methyl/N-ethyl adjacent to an activating group) is 1. The standard InChI is InChI=1S/C18H19N5O2/c1-20-9-11-21(12-10-20)17(24)15-13-19-16-7-8-22(23(16)18(15)25)14-5-3-2-4-6-14/h2-8,13H,9-12H2,1H3. The number of para-hydroxylation sites is 1. The molecule has 1 aliphatic heterocycles. The zero-order valence-electron chi connectivity index (χ0n) is 14.0. The van der Waals surface area contributed by atoms with Gasteiger partial charge in [-0.25, -0.2) is 4.98 Å². The summed E-state index contributed by atoms with van der Waals surface area (Å²) in [5.41, 5.74) is 1.12. The molecule has 0 bridgehead atoms. The molecular weight excluding hydrogens is 318 g/mol. The lowest BCUT2D eigenvalue weighted by atomic mass is 10.2. The molecule has 1 saturated heterocycles. The van der Waals surface area contributed by atoms with E-state index in [1.807, 2.05) is 37.4 Å². The van der Waals surface area contributed by atoms with E-state index >= 15 is 0 Å². The molecule has 1 aromatic carbocycles. The van der Waals surface area contributed by atoms with E-state index in [0.717, 1.165) is 18.8 Å². The first-order chi connectivity index (χ1) is 12.1. The normalized spacial score (nSPS) is 15.6.